The minimum atomic E-state index is -0.569. The van der Waals surface area contributed by atoms with Gasteiger partial charge in [0.15, 0.2) is 0 Å². The quantitative estimate of drug-likeness (QED) is 0.548. The summed E-state index contributed by atoms with van der Waals surface area (Å²) < 4.78 is 0. The van der Waals surface area contributed by atoms with E-state index in [1.54, 1.807) is 0 Å². The molecule has 0 spiro atoms. The number of halogens is 2. The lowest BCUT2D eigenvalue weighted by Gasteiger charge is -2.02. The largest absolute Gasteiger partial charge is 0.366 e. The molecule has 4 N–H and O–H groups in total. The van der Waals surface area contributed by atoms with Crippen molar-refractivity contribution in [3.8, 4) is 0 Å². The summed E-state index contributed by atoms with van der Waals surface area (Å²) >= 11 is 11.2. The van der Waals surface area contributed by atoms with Crippen LogP contribution in [0, 0.1) is 0 Å². The van der Waals surface area contributed by atoms with Crippen LogP contribution < -0.4 is 11.1 Å². The van der Waals surface area contributed by atoms with E-state index in [2.05, 4.69) is 30.5 Å². The summed E-state index contributed by atoms with van der Waals surface area (Å²) in [6, 6.07) is 1.34. The second-order valence-electron chi connectivity index (χ2n) is 2.84. The highest BCUT2D eigenvalue weighted by Crippen LogP contribution is 2.14. The van der Waals surface area contributed by atoms with E-state index < -0.39 is 5.91 Å². The molecule has 0 saturated heterocycles. The fraction of sp³-hybridized carbons (Fsp3) is 0. The van der Waals surface area contributed by atoms with Crippen molar-refractivity contribution in [2.24, 2.45) is 0 Å². The van der Waals surface area contributed by atoms with Crippen LogP contribution in [0.15, 0.2) is 6.07 Å². The Hall–Kier alpha value is -1.93. The third-order valence-electron chi connectivity index (χ3n) is 1.63. The number of carbonyl (C=O) groups is 1. The van der Waals surface area contributed by atoms with Crippen LogP contribution in [-0.2, 0) is 0 Å². The fourth-order valence-corrected chi connectivity index (χ4v) is 1.41. The van der Waals surface area contributed by atoms with Crippen LogP contribution in [0.5, 0.6) is 0 Å². The molecule has 2 rings (SSSR count). The van der Waals surface area contributed by atoms with E-state index in [0.29, 0.717) is 0 Å². The molecule has 0 aromatic carbocycles. The first kappa shape index (κ1) is 11.6. The number of anilines is 2. The van der Waals surface area contributed by atoms with E-state index in [4.69, 9.17) is 28.9 Å². The molecule has 0 aliphatic rings. The predicted octanol–water partition coefficient (Wildman–Crippen LogP) is 0.736. The standard InChI is InChI=1S/C7H5Cl2N7O/c8-2-1-3(13-6(9)11-2)12-5(17)4-14-7(10)16-15-4/h1H,(H3,10,14,15,16)(H,11,12,13,17). The molecule has 2 heterocycles. The number of hydrogen-bond acceptors (Lipinski definition) is 6. The van der Waals surface area contributed by atoms with Crippen LogP contribution in [0.25, 0.3) is 0 Å². The number of rotatable bonds is 2. The van der Waals surface area contributed by atoms with Crippen molar-refractivity contribution in [3.05, 3.63) is 22.3 Å². The average Bonchev–Trinajstić information content (AvgIpc) is 2.63. The molecule has 2 aromatic rings. The molecule has 0 saturated carbocycles. The topological polar surface area (TPSA) is 122 Å². The van der Waals surface area contributed by atoms with Crippen molar-refractivity contribution in [1.29, 1.82) is 0 Å². The number of aromatic nitrogens is 5. The number of carbonyl (C=O) groups excluding carboxylic acids is 1. The van der Waals surface area contributed by atoms with E-state index in [-0.39, 0.29) is 28.0 Å². The molecule has 0 unspecified atom stereocenters. The van der Waals surface area contributed by atoms with Crippen LogP contribution in [0.2, 0.25) is 10.4 Å². The summed E-state index contributed by atoms with van der Waals surface area (Å²) in [5.41, 5.74) is 5.26. The van der Waals surface area contributed by atoms with Crippen LogP contribution in [0.4, 0.5) is 11.8 Å². The lowest BCUT2D eigenvalue weighted by Crippen LogP contribution is -2.15. The smallest absolute Gasteiger partial charge is 0.294 e. The van der Waals surface area contributed by atoms with Gasteiger partial charge in [-0.2, -0.15) is 4.98 Å². The minimum absolute atomic E-state index is 0.0334. The van der Waals surface area contributed by atoms with E-state index in [0.717, 1.165) is 0 Å². The predicted molar refractivity (Wildman–Crippen MR) is 60.8 cm³/mol. The van der Waals surface area contributed by atoms with Crippen molar-refractivity contribution in [3.63, 3.8) is 0 Å². The first-order valence-electron chi connectivity index (χ1n) is 4.24. The Bertz CT molecular complexity index is 549. The maximum atomic E-state index is 11.6. The van der Waals surface area contributed by atoms with E-state index in [1.807, 2.05) is 0 Å². The van der Waals surface area contributed by atoms with Crippen molar-refractivity contribution in [2.75, 3.05) is 11.1 Å². The molecule has 0 fully saturated rings. The van der Waals surface area contributed by atoms with Gasteiger partial charge in [0.1, 0.15) is 11.0 Å². The second kappa shape index (κ2) is 4.52. The van der Waals surface area contributed by atoms with Crippen LogP contribution in [0.3, 0.4) is 0 Å². The maximum absolute atomic E-state index is 11.6. The third-order valence-corrected chi connectivity index (χ3v) is 1.99. The van der Waals surface area contributed by atoms with Gasteiger partial charge in [-0.3, -0.25) is 9.89 Å². The summed E-state index contributed by atoms with van der Waals surface area (Å²) in [5.74, 6) is -0.503. The molecule has 0 radical (unpaired) electrons. The SMILES string of the molecule is Nc1n[nH]c(C(=O)Nc2cc(Cl)nc(Cl)n2)n1. The molecule has 0 bridgehead atoms. The van der Waals surface area contributed by atoms with Gasteiger partial charge in [-0.25, -0.2) is 9.97 Å². The highest BCUT2D eigenvalue weighted by molar-refractivity contribution is 6.32. The third kappa shape index (κ3) is 2.80. The van der Waals surface area contributed by atoms with E-state index in [9.17, 15) is 4.79 Å². The Morgan fingerprint density at radius 3 is 2.71 bits per heavy atom. The lowest BCUT2D eigenvalue weighted by molar-refractivity contribution is 0.101. The van der Waals surface area contributed by atoms with Gasteiger partial charge in [0.25, 0.3) is 5.91 Å². The van der Waals surface area contributed by atoms with E-state index in [1.165, 1.54) is 6.07 Å². The number of nitrogens with one attached hydrogen (secondary N) is 2. The maximum Gasteiger partial charge on any atom is 0.294 e. The zero-order valence-corrected chi connectivity index (χ0v) is 9.62. The van der Waals surface area contributed by atoms with Crippen molar-refractivity contribution < 1.29 is 4.79 Å². The van der Waals surface area contributed by atoms with Gasteiger partial charge >= 0.3 is 0 Å². The van der Waals surface area contributed by atoms with Crippen LogP contribution >= 0.6 is 23.2 Å². The molecule has 0 atom stereocenters. The van der Waals surface area contributed by atoms with Crippen LogP contribution in [-0.4, -0.2) is 31.1 Å². The number of nitrogens with two attached hydrogens (primary N) is 1. The van der Waals surface area contributed by atoms with Gasteiger partial charge in [0.05, 0.1) is 0 Å². The summed E-state index contributed by atoms with van der Waals surface area (Å²) in [4.78, 5) is 22.6. The lowest BCUT2D eigenvalue weighted by atomic mass is 10.5. The summed E-state index contributed by atoms with van der Waals surface area (Å²) in [6.45, 7) is 0. The number of nitrogen functional groups attached to an aromatic ring is 1. The molecule has 17 heavy (non-hydrogen) atoms. The first-order valence-corrected chi connectivity index (χ1v) is 4.99. The zero-order valence-electron chi connectivity index (χ0n) is 8.11. The Kier molecular flexibility index (Phi) is 3.07. The monoisotopic (exact) mass is 273 g/mol. The Balaban J connectivity index is 2.18. The molecule has 0 aliphatic carbocycles. The van der Waals surface area contributed by atoms with Gasteiger partial charge < -0.3 is 11.1 Å². The molecule has 10 heteroatoms. The van der Waals surface area contributed by atoms with Gasteiger partial charge in [-0.05, 0) is 11.6 Å². The Morgan fingerprint density at radius 1 is 1.35 bits per heavy atom. The Morgan fingerprint density at radius 2 is 2.12 bits per heavy atom. The molecule has 1 amide bonds. The zero-order chi connectivity index (χ0) is 12.4. The van der Waals surface area contributed by atoms with Crippen molar-refractivity contribution in [1.82, 2.24) is 25.1 Å². The average molecular weight is 274 g/mol. The van der Waals surface area contributed by atoms with E-state index >= 15 is 0 Å². The van der Waals surface area contributed by atoms with Gasteiger partial charge in [0, 0.05) is 6.07 Å². The number of hydrogen-bond donors (Lipinski definition) is 3. The second-order valence-corrected chi connectivity index (χ2v) is 3.57. The van der Waals surface area contributed by atoms with Crippen LogP contribution in [0.1, 0.15) is 10.6 Å². The normalized spacial score (nSPS) is 10.2. The van der Waals surface area contributed by atoms with Gasteiger partial charge in [-0.15, -0.1) is 5.10 Å². The Labute approximate surface area is 105 Å². The molecule has 0 aliphatic heterocycles. The number of nitrogens with zero attached hydrogens (tertiary/aromatic N) is 4. The fourth-order valence-electron chi connectivity index (χ4n) is 1.01. The number of amides is 1. The summed E-state index contributed by atoms with van der Waals surface area (Å²) in [7, 11) is 0. The molecule has 88 valence electrons. The molecular formula is C7H5Cl2N7O. The summed E-state index contributed by atoms with van der Waals surface area (Å²) in [5, 5.41) is 8.29. The number of H-pyrrole nitrogens is 1. The van der Waals surface area contributed by atoms with Gasteiger partial charge in [-0.1, -0.05) is 11.6 Å². The first-order chi connectivity index (χ1) is 8.04. The molecule has 8 nitrogen and oxygen atoms in total. The van der Waals surface area contributed by atoms with Crippen molar-refractivity contribution in [2.45, 2.75) is 0 Å². The number of aromatic amines is 1. The van der Waals surface area contributed by atoms with Gasteiger partial charge in [0.2, 0.25) is 17.1 Å². The highest BCUT2D eigenvalue weighted by atomic mass is 35.5. The molecular weight excluding hydrogens is 269 g/mol. The molecule has 2 aromatic heterocycles. The minimum Gasteiger partial charge on any atom is -0.366 e. The van der Waals surface area contributed by atoms with Crippen molar-refractivity contribution >= 4 is 40.9 Å². The highest BCUT2D eigenvalue weighted by Gasteiger charge is 2.12. The summed E-state index contributed by atoms with van der Waals surface area (Å²) in [6.07, 6.45) is 0.